The second-order valence-corrected chi connectivity index (χ2v) is 4.60. The van der Waals surface area contributed by atoms with Crippen molar-refractivity contribution in [2.24, 2.45) is 5.92 Å². The SMILES string of the molecule is CCOC(=O)[C@@H]1CCCN2CCCC[C@@H]12. The van der Waals surface area contributed by atoms with E-state index in [2.05, 4.69) is 4.90 Å². The summed E-state index contributed by atoms with van der Waals surface area (Å²) in [5, 5.41) is 0. The molecule has 2 saturated heterocycles. The molecule has 0 bridgehead atoms. The van der Waals surface area contributed by atoms with Crippen LogP contribution in [0.3, 0.4) is 0 Å². The van der Waals surface area contributed by atoms with Crippen LogP contribution in [0.4, 0.5) is 0 Å². The minimum absolute atomic E-state index is 0.0362. The maximum atomic E-state index is 11.8. The second-order valence-electron chi connectivity index (χ2n) is 4.60. The Bertz CT molecular complexity index is 228. The summed E-state index contributed by atoms with van der Waals surface area (Å²) >= 11 is 0. The zero-order chi connectivity index (χ0) is 10.7. The molecule has 2 fully saturated rings. The van der Waals surface area contributed by atoms with E-state index in [-0.39, 0.29) is 11.9 Å². The van der Waals surface area contributed by atoms with Crippen molar-refractivity contribution < 1.29 is 9.53 Å². The molecule has 0 aromatic rings. The Morgan fingerprint density at radius 1 is 1.27 bits per heavy atom. The zero-order valence-corrected chi connectivity index (χ0v) is 9.58. The maximum Gasteiger partial charge on any atom is 0.310 e. The molecule has 0 aliphatic carbocycles. The minimum atomic E-state index is 0.0362. The van der Waals surface area contributed by atoms with Crippen LogP contribution < -0.4 is 0 Å². The number of carbonyl (C=O) groups excluding carboxylic acids is 1. The largest absolute Gasteiger partial charge is 0.466 e. The number of esters is 1. The van der Waals surface area contributed by atoms with E-state index in [9.17, 15) is 4.79 Å². The molecule has 3 heteroatoms. The molecule has 0 spiro atoms. The molecular weight excluding hydrogens is 190 g/mol. The lowest BCUT2D eigenvalue weighted by molar-refractivity contribution is -0.153. The quantitative estimate of drug-likeness (QED) is 0.652. The highest BCUT2D eigenvalue weighted by molar-refractivity contribution is 5.73. The van der Waals surface area contributed by atoms with Gasteiger partial charge in [0.05, 0.1) is 12.5 Å². The summed E-state index contributed by atoms with van der Waals surface area (Å²) in [5.41, 5.74) is 0. The first kappa shape index (κ1) is 10.9. The molecule has 86 valence electrons. The van der Waals surface area contributed by atoms with Gasteiger partial charge in [0.15, 0.2) is 0 Å². The molecule has 0 saturated carbocycles. The average molecular weight is 211 g/mol. The van der Waals surface area contributed by atoms with Gasteiger partial charge in [-0.25, -0.2) is 0 Å². The molecule has 0 aromatic carbocycles. The molecule has 2 aliphatic rings. The van der Waals surface area contributed by atoms with Gasteiger partial charge in [0.25, 0.3) is 0 Å². The van der Waals surface area contributed by atoms with E-state index in [0.717, 1.165) is 12.8 Å². The number of ether oxygens (including phenoxy) is 1. The van der Waals surface area contributed by atoms with Crippen molar-refractivity contribution in [1.82, 2.24) is 4.90 Å². The molecular formula is C12H21NO2. The van der Waals surface area contributed by atoms with Crippen molar-refractivity contribution in [3.05, 3.63) is 0 Å². The van der Waals surface area contributed by atoms with Crippen molar-refractivity contribution in [2.45, 2.75) is 45.1 Å². The lowest BCUT2D eigenvalue weighted by Crippen LogP contribution is -2.50. The van der Waals surface area contributed by atoms with Crippen molar-refractivity contribution in [1.29, 1.82) is 0 Å². The number of fused-ring (bicyclic) bond motifs is 1. The molecule has 0 aromatic heterocycles. The third-order valence-electron chi connectivity index (χ3n) is 3.68. The van der Waals surface area contributed by atoms with Gasteiger partial charge in [-0.1, -0.05) is 6.42 Å². The van der Waals surface area contributed by atoms with Crippen molar-refractivity contribution in [3.8, 4) is 0 Å². The summed E-state index contributed by atoms with van der Waals surface area (Å²) in [7, 11) is 0. The Hall–Kier alpha value is -0.570. The fourth-order valence-corrected chi connectivity index (χ4v) is 2.98. The summed E-state index contributed by atoms with van der Waals surface area (Å²) in [4.78, 5) is 14.3. The molecule has 0 amide bonds. The van der Waals surface area contributed by atoms with Crippen molar-refractivity contribution in [2.75, 3.05) is 19.7 Å². The fraction of sp³-hybridized carbons (Fsp3) is 0.917. The second kappa shape index (κ2) is 4.97. The van der Waals surface area contributed by atoms with Crippen LogP contribution >= 0.6 is 0 Å². The molecule has 15 heavy (non-hydrogen) atoms. The van der Waals surface area contributed by atoms with E-state index >= 15 is 0 Å². The Labute approximate surface area is 91.8 Å². The summed E-state index contributed by atoms with van der Waals surface area (Å²) in [6, 6.07) is 0.478. The first-order chi connectivity index (χ1) is 7.33. The molecule has 2 atom stereocenters. The Kier molecular flexibility index (Phi) is 3.62. The Morgan fingerprint density at radius 3 is 2.87 bits per heavy atom. The smallest absolute Gasteiger partial charge is 0.310 e. The third-order valence-corrected chi connectivity index (χ3v) is 3.68. The van der Waals surface area contributed by atoms with E-state index in [4.69, 9.17) is 4.74 Å². The van der Waals surface area contributed by atoms with Gasteiger partial charge >= 0.3 is 5.97 Å². The van der Waals surface area contributed by atoms with E-state index < -0.39 is 0 Å². The predicted octanol–water partition coefficient (Wildman–Crippen LogP) is 1.81. The van der Waals surface area contributed by atoms with E-state index in [1.165, 1.54) is 32.4 Å². The lowest BCUT2D eigenvalue weighted by Gasteiger charge is -2.43. The summed E-state index contributed by atoms with van der Waals surface area (Å²) in [6.07, 6.45) is 5.94. The average Bonchev–Trinajstić information content (AvgIpc) is 2.28. The lowest BCUT2D eigenvalue weighted by atomic mass is 9.83. The van der Waals surface area contributed by atoms with E-state index in [1.54, 1.807) is 0 Å². The highest BCUT2D eigenvalue weighted by atomic mass is 16.5. The van der Waals surface area contributed by atoms with Gasteiger partial charge in [0, 0.05) is 6.04 Å². The van der Waals surface area contributed by atoms with Crippen LogP contribution in [0, 0.1) is 5.92 Å². The van der Waals surface area contributed by atoms with Crippen LogP contribution in [0.25, 0.3) is 0 Å². The van der Waals surface area contributed by atoms with Crippen LogP contribution in [0.5, 0.6) is 0 Å². The fourth-order valence-electron chi connectivity index (χ4n) is 2.98. The summed E-state index contributed by atoms with van der Waals surface area (Å²) < 4.78 is 5.16. The van der Waals surface area contributed by atoms with Gasteiger partial charge < -0.3 is 4.74 Å². The molecule has 3 nitrogen and oxygen atoms in total. The number of piperidine rings is 2. The topological polar surface area (TPSA) is 29.5 Å². The van der Waals surface area contributed by atoms with Crippen LogP contribution in [0.15, 0.2) is 0 Å². The monoisotopic (exact) mass is 211 g/mol. The first-order valence-corrected chi connectivity index (χ1v) is 6.23. The van der Waals surface area contributed by atoms with E-state index in [1.807, 2.05) is 6.92 Å². The number of rotatable bonds is 2. The highest BCUT2D eigenvalue weighted by Crippen LogP contribution is 2.31. The third kappa shape index (κ3) is 2.33. The van der Waals surface area contributed by atoms with Gasteiger partial charge in [0.1, 0.15) is 0 Å². The van der Waals surface area contributed by atoms with Gasteiger partial charge in [-0.05, 0) is 45.7 Å². The standard InChI is InChI=1S/C12H21NO2/c1-2-15-12(14)10-6-5-9-13-8-4-3-7-11(10)13/h10-11H,2-9H2,1H3/t10-,11+/m1/s1. The molecule has 2 rings (SSSR count). The first-order valence-electron chi connectivity index (χ1n) is 6.23. The van der Waals surface area contributed by atoms with Crippen LogP contribution in [-0.2, 0) is 9.53 Å². The molecule has 0 unspecified atom stereocenters. The Balaban J connectivity index is 2.00. The van der Waals surface area contributed by atoms with Crippen LogP contribution in [0.1, 0.15) is 39.0 Å². The molecule has 0 radical (unpaired) electrons. The predicted molar refractivity (Wildman–Crippen MR) is 58.6 cm³/mol. The summed E-state index contributed by atoms with van der Waals surface area (Å²) in [6.45, 7) is 4.77. The summed E-state index contributed by atoms with van der Waals surface area (Å²) in [5.74, 6) is 0.188. The van der Waals surface area contributed by atoms with E-state index in [0.29, 0.717) is 12.6 Å². The van der Waals surface area contributed by atoms with Crippen LogP contribution in [0.2, 0.25) is 0 Å². The van der Waals surface area contributed by atoms with Crippen molar-refractivity contribution >= 4 is 5.97 Å². The number of hydrogen-bond donors (Lipinski definition) is 0. The van der Waals surface area contributed by atoms with Crippen LogP contribution in [-0.4, -0.2) is 36.6 Å². The number of carbonyl (C=O) groups is 1. The van der Waals surface area contributed by atoms with Gasteiger partial charge in [-0.2, -0.15) is 0 Å². The number of hydrogen-bond acceptors (Lipinski definition) is 3. The normalized spacial score (nSPS) is 32.1. The molecule has 0 N–H and O–H groups in total. The highest BCUT2D eigenvalue weighted by Gasteiger charge is 2.37. The molecule has 2 aliphatic heterocycles. The van der Waals surface area contributed by atoms with Gasteiger partial charge in [-0.15, -0.1) is 0 Å². The van der Waals surface area contributed by atoms with Gasteiger partial charge in [0.2, 0.25) is 0 Å². The van der Waals surface area contributed by atoms with Crippen molar-refractivity contribution in [3.63, 3.8) is 0 Å². The minimum Gasteiger partial charge on any atom is -0.466 e. The van der Waals surface area contributed by atoms with Gasteiger partial charge in [-0.3, -0.25) is 9.69 Å². The Morgan fingerprint density at radius 2 is 2.07 bits per heavy atom. The number of nitrogens with zero attached hydrogens (tertiary/aromatic N) is 1. The zero-order valence-electron chi connectivity index (χ0n) is 9.58. The maximum absolute atomic E-state index is 11.8. The molecule has 2 heterocycles.